The third-order valence-electron chi connectivity index (χ3n) is 5.44. The Hall–Kier alpha value is -1.69. The zero-order valence-corrected chi connectivity index (χ0v) is 14.9. The van der Waals surface area contributed by atoms with Gasteiger partial charge in [-0.05, 0) is 33.0 Å². The van der Waals surface area contributed by atoms with Gasteiger partial charge in [-0.3, -0.25) is 9.80 Å². The van der Waals surface area contributed by atoms with Gasteiger partial charge in [-0.25, -0.2) is 4.98 Å². The Morgan fingerprint density at radius 3 is 2.58 bits per heavy atom. The number of β-amino-alcohol motifs (C(OH)–C–C–N with tert-alkyl or cyclic N) is 1. The average molecular weight is 328 g/mol. The van der Waals surface area contributed by atoms with Crippen LogP contribution in [0.3, 0.4) is 0 Å². The molecule has 0 amide bonds. The second-order valence-electron chi connectivity index (χ2n) is 6.92. The molecule has 2 atom stereocenters. The number of aliphatic hydroxyl groups is 1. The predicted molar refractivity (Wildman–Crippen MR) is 95.8 cm³/mol. The van der Waals surface area contributed by atoms with Gasteiger partial charge in [-0.2, -0.15) is 0 Å². The average Bonchev–Trinajstić information content (AvgIpc) is 2.99. The number of piperidine rings is 1. The number of rotatable bonds is 5. The number of aryl methyl sites for hydroxylation is 1. The second kappa shape index (κ2) is 7.05. The number of aliphatic hydroxyl groups excluding tert-OH is 1. The van der Waals surface area contributed by atoms with E-state index in [9.17, 15) is 5.11 Å². The highest BCUT2D eigenvalue weighted by molar-refractivity contribution is 5.27. The molecule has 0 bridgehead atoms. The van der Waals surface area contributed by atoms with Gasteiger partial charge < -0.3 is 9.67 Å². The van der Waals surface area contributed by atoms with Crippen molar-refractivity contribution in [1.82, 2.24) is 19.4 Å². The maximum absolute atomic E-state index is 11.0. The van der Waals surface area contributed by atoms with E-state index < -0.39 is 6.10 Å². The van der Waals surface area contributed by atoms with Crippen LogP contribution in [0.4, 0.5) is 0 Å². The molecule has 1 aromatic heterocycles. The summed E-state index contributed by atoms with van der Waals surface area (Å²) in [4.78, 5) is 8.81. The molecule has 1 aliphatic heterocycles. The summed E-state index contributed by atoms with van der Waals surface area (Å²) in [5.74, 6) is 1.04. The summed E-state index contributed by atoms with van der Waals surface area (Å²) in [5, 5.41) is 11.0. The summed E-state index contributed by atoms with van der Waals surface area (Å²) in [5.41, 5.74) is 0.899. The first-order chi connectivity index (χ1) is 11.5. The largest absolute Gasteiger partial charge is 0.389 e. The highest BCUT2D eigenvalue weighted by atomic mass is 16.3. The van der Waals surface area contributed by atoms with Crippen molar-refractivity contribution in [2.75, 3.05) is 33.7 Å². The lowest BCUT2D eigenvalue weighted by Gasteiger charge is -2.50. The third-order valence-corrected chi connectivity index (χ3v) is 5.44. The maximum Gasteiger partial charge on any atom is 0.105 e. The molecule has 0 spiro atoms. The molecule has 0 saturated carbocycles. The molecule has 2 heterocycles. The van der Waals surface area contributed by atoms with Crippen LogP contribution in [0.25, 0.3) is 0 Å². The van der Waals surface area contributed by atoms with Crippen molar-refractivity contribution in [2.24, 2.45) is 0 Å². The topological polar surface area (TPSA) is 44.5 Å². The molecule has 1 aliphatic rings. The smallest absolute Gasteiger partial charge is 0.105 e. The number of aromatic nitrogens is 2. The minimum atomic E-state index is -0.410. The molecule has 0 aliphatic carbocycles. The Balaban J connectivity index is 1.70. The van der Waals surface area contributed by atoms with Gasteiger partial charge in [-0.15, -0.1) is 0 Å². The number of nitrogens with zero attached hydrogens (tertiary/aromatic N) is 4. The van der Waals surface area contributed by atoms with Crippen LogP contribution in [0.5, 0.6) is 0 Å². The lowest BCUT2D eigenvalue weighted by molar-refractivity contribution is -0.0688. The summed E-state index contributed by atoms with van der Waals surface area (Å²) in [6.07, 6.45) is 4.37. The molecule has 130 valence electrons. The number of likely N-dealkylation sites (N-methyl/N-ethyl adjacent to an activating group) is 1. The first-order valence-corrected chi connectivity index (χ1v) is 8.65. The number of likely N-dealkylation sites (tertiary alicyclic amines) is 1. The number of imidazole rings is 1. The fourth-order valence-corrected chi connectivity index (χ4v) is 3.92. The molecule has 5 nitrogen and oxygen atoms in total. The highest BCUT2D eigenvalue weighted by Crippen LogP contribution is 2.37. The Morgan fingerprint density at radius 1 is 1.25 bits per heavy atom. The molecule has 1 N–H and O–H groups in total. The van der Waals surface area contributed by atoms with Crippen molar-refractivity contribution >= 4 is 0 Å². The van der Waals surface area contributed by atoms with E-state index in [1.807, 2.05) is 25.4 Å². The van der Waals surface area contributed by atoms with Gasteiger partial charge in [0.25, 0.3) is 0 Å². The SMILES string of the molecule is Cc1nccn1CCN1CC[C@](c2ccccc2)(N(C)C)[C@@H](O)C1. The standard InChI is InChI=1S/C19H28N4O/c1-16-20-10-12-23(16)14-13-22-11-9-19(21(2)3,18(24)15-22)17-7-5-4-6-8-17/h4-8,10,12,18,24H,9,11,13-15H2,1-3H3/t18-,19+/m0/s1. The summed E-state index contributed by atoms with van der Waals surface area (Å²) in [6, 6.07) is 10.4. The Labute approximate surface area is 144 Å². The van der Waals surface area contributed by atoms with E-state index in [1.54, 1.807) is 0 Å². The molecule has 24 heavy (non-hydrogen) atoms. The van der Waals surface area contributed by atoms with Crippen molar-refractivity contribution in [3.05, 3.63) is 54.1 Å². The van der Waals surface area contributed by atoms with Gasteiger partial charge in [0.2, 0.25) is 0 Å². The van der Waals surface area contributed by atoms with Gasteiger partial charge in [0.1, 0.15) is 5.82 Å². The van der Waals surface area contributed by atoms with Crippen LogP contribution in [0.2, 0.25) is 0 Å². The van der Waals surface area contributed by atoms with Gasteiger partial charge in [0, 0.05) is 38.6 Å². The third kappa shape index (κ3) is 3.11. The van der Waals surface area contributed by atoms with E-state index in [4.69, 9.17) is 0 Å². The summed E-state index contributed by atoms with van der Waals surface area (Å²) < 4.78 is 2.16. The Bertz CT molecular complexity index is 654. The molecule has 0 unspecified atom stereocenters. The molecule has 0 radical (unpaired) electrons. The lowest BCUT2D eigenvalue weighted by atomic mass is 9.77. The van der Waals surface area contributed by atoms with Crippen LogP contribution in [0.1, 0.15) is 17.8 Å². The summed E-state index contributed by atoms with van der Waals surface area (Å²) >= 11 is 0. The fraction of sp³-hybridized carbons (Fsp3) is 0.526. The predicted octanol–water partition coefficient (Wildman–Crippen LogP) is 1.72. The Morgan fingerprint density at radius 2 is 2.00 bits per heavy atom. The molecule has 5 heteroatoms. The molecule has 3 rings (SSSR count). The van der Waals surface area contributed by atoms with Crippen LogP contribution in [0, 0.1) is 6.92 Å². The highest BCUT2D eigenvalue weighted by Gasteiger charge is 2.45. The summed E-state index contributed by atoms with van der Waals surface area (Å²) in [7, 11) is 4.14. The zero-order chi connectivity index (χ0) is 17.2. The van der Waals surface area contributed by atoms with Crippen LogP contribution >= 0.6 is 0 Å². The molecular weight excluding hydrogens is 300 g/mol. The van der Waals surface area contributed by atoms with Crippen molar-refractivity contribution in [1.29, 1.82) is 0 Å². The van der Waals surface area contributed by atoms with Crippen molar-refractivity contribution in [3.63, 3.8) is 0 Å². The van der Waals surface area contributed by atoms with Crippen LogP contribution in [-0.4, -0.2) is 64.3 Å². The minimum Gasteiger partial charge on any atom is -0.389 e. The van der Waals surface area contributed by atoms with E-state index in [0.29, 0.717) is 6.54 Å². The van der Waals surface area contributed by atoms with Crippen molar-refractivity contribution in [2.45, 2.75) is 31.5 Å². The van der Waals surface area contributed by atoms with E-state index >= 15 is 0 Å². The van der Waals surface area contributed by atoms with Crippen molar-refractivity contribution < 1.29 is 5.11 Å². The lowest BCUT2D eigenvalue weighted by Crippen LogP contribution is -2.60. The van der Waals surface area contributed by atoms with E-state index in [2.05, 4.69) is 57.7 Å². The fourth-order valence-electron chi connectivity index (χ4n) is 3.92. The van der Waals surface area contributed by atoms with Gasteiger partial charge >= 0.3 is 0 Å². The monoisotopic (exact) mass is 328 g/mol. The van der Waals surface area contributed by atoms with Gasteiger partial charge in [-0.1, -0.05) is 30.3 Å². The zero-order valence-electron chi connectivity index (χ0n) is 14.9. The minimum absolute atomic E-state index is 0.303. The molecule has 1 saturated heterocycles. The number of hydrogen-bond donors (Lipinski definition) is 1. The molecule has 2 aromatic rings. The van der Waals surface area contributed by atoms with Crippen molar-refractivity contribution in [3.8, 4) is 0 Å². The van der Waals surface area contributed by atoms with Crippen LogP contribution in [0.15, 0.2) is 42.7 Å². The normalized spacial score (nSPS) is 25.3. The van der Waals surface area contributed by atoms with Gasteiger partial charge in [0.05, 0.1) is 11.6 Å². The first-order valence-electron chi connectivity index (χ1n) is 8.65. The number of hydrogen-bond acceptors (Lipinski definition) is 4. The quantitative estimate of drug-likeness (QED) is 0.908. The maximum atomic E-state index is 11.0. The Kier molecular flexibility index (Phi) is 5.04. The van der Waals surface area contributed by atoms with Crippen LogP contribution in [-0.2, 0) is 12.1 Å². The molecule has 1 aromatic carbocycles. The number of benzene rings is 1. The van der Waals surface area contributed by atoms with E-state index in [-0.39, 0.29) is 5.54 Å². The van der Waals surface area contributed by atoms with Gasteiger partial charge in [0.15, 0.2) is 0 Å². The van der Waals surface area contributed by atoms with E-state index in [0.717, 1.165) is 31.9 Å². The van der Waals surface area contributed by atoms with E-state index in [1.165, 1.54) is 5.56 Å². The molecular formula is C19H28N4O. The van der Waals surface area contributed by atoms with Crippen LogP contribution < -0.4 is 0 Å². The summed E-state index contributed by atoms with van der Waals surface area (Å²) in [6.45, 7) is 5.56. The second-order valence-corrected chi connectivity index (χ2v) is 6.92. The molecule has 1 fully saturated rings. The first kappa shape index (κ1) is 17.1.